The van der Waals surface area contributed by atoms with E-state index in [4.69, 9.17) is 20.4 Å². The van der Waals surface area contributed by atoms with Gasteiger partial charge in [0.1, 0.15) is 5.75 Å². The van der Waals surface area contributed by atoms with Crippen LogP contribution in [-0.4, -0.2) is 42.2 Å². The third kappa shape index (κ3) is 6.23. The standard InChI is InChI=1S/C21H26N2O2.C2HF3O2/c1-14-8-11-20(25-3)15(12-14)13-23(2)21(24)18-9-10-19(22)17-7-5-4-6-16(17)18;3-2(4,5)1(6)7/h4-8,11-12,18-19H,9-10,13,22H2,1-3H3;(H,6,7). The molecule has 0 saturated heterocycles. The molecule has 2 aromatic carbocycles. The molecule has 0 aromatic heterocycles. The van der Waals surface area contributed by atoms with E-state index in [0.29, 0.717) is 6.54 Å². The molecule has 1 amide bonds. The number of hydrogen-bond acceptors (Lipinski definition) is 4. The van der Waals surface area contributed by atoms with Crippen LogP contribution in [0.4, 0.5) is 13.2 Å². The van der Waals surface area contributed by atoms with Crippen LogP contribution in [0, 0.1) is 6.92 Å². The van der Waals surface area contributed by atoms with Crippen LogP contribution in [0.5, 0.6) is 5.75 Å². The van der Waals surface area contributed by atoms with Gasteiger partial charge in [-0.2, -0.15) is 13.2 Å². The van der Waals surface area contributed by atoms with Crippen LogP contribution in [-0.2, 0) is 16.1 Å². The summed E-state index contributed by atoms with van der Waals surface area (Å²) in [5.74, 6) is -1.91. The number of halogens is 3. The molecule has 174 valence electrons. The lowest BCUT2D eigenvalue weighted by molar-refractivity contribution is -0.192. The van der Waals surface area contributed by atoms with Crippen molar-refractivity contribution in [3.8, 4) is 5.75 Å². The van der Waals surface area contributed by atoms with E-state index in [1.54, 1.807) is 12.0 Å². The number of carbonyl (C=O) groups excluding carboxylic acids is 1. The number of alkyl halides is 3. The highest BCUT2D eigenvalue weighted by Gasteiger charge is 2.38. The molecule has 0 fully saturated rings. The normalized spacial score (nSPS) is 17.5. The van der Waals surface area contributed by atoms with Gasteiger partial charge in [-0.15, -0.1) is 0 Å². The summed E-state index contributed by atoms with van der Waals surface area (Å²) in [7, 11) is 3.52. The zero-order valence-corrected chi connectivity index (χ0v) is 18.1. The first kappa shape index (κ1) is 25.2. The second-order valence-corrected chi connectivity index (χ2v) is 7.68. The molecular weight excluding hydrogens is 425 g/mol. The fraction of sp³-hybridized carbons (Fsp3) is 0.391. The number of carbonyl (C=O) groups is 2. The van der Waals surface area contributed by atoms with E-state index in [1.807, 2.05) is 50.4 Å². The zero-order chi connectivity index (χ0) is 24.1. The number of fused-ring (bicyclic) bond motifs is 1. The Morgan fingerprint density at radius 1 is 1.16 bits per heavy atom. The molecule has 0 radical (unpaired) electrons. The summed E-state index contributed by atoms with van der Waals surface area (Å²) < 4.78 is 37.2. The topological polar surface area (TPSA) is 92.9 Å². The second kappa shape index (κ2) is 10.5. The fourth-order valence-corrected chi connectivity index (χ4v) is 3.71. The number of benzene rings is 2. The van der Waals surface area contributed by atoms with Gasteiger partial charge in [-0.1, -0.05) is 42.0 Å². The Bertz CT molecular complexity index is 962. The number of ether oxygens (including phenoxy) is 1. The van der Waals surface area contributed by atoms with Gasteiger partial charge in [0.2, 0.25) is 5.91 Å². The summed E-state index contributed by atoms with van der Waals surface area (Å²) in [6.45, 7) is 2.58. The van der Waals surface area contributed by atoms with Crippen molar-refractivity contribution >= 4 is 11.9 Å². The minimum atomic E-state index is -5.08. The van der Waals surface area contributed by atoms with Crippen molar-refractivity contribution in [2.75, 3.05) is 14.2 Å². The van der Waals surface area contributed by atoms with Gasteiger partial charge >= 0.3 is 12.1 Å². The number of amides is 1. The molecule has 9 heteroatoms. The first-order chi connectivity index (χ1) is 15.0. The van der Waals surface area contributed by atoms with Crippen molar-refractivity contribution in [2.45, 2.75) is 44.4 Å². The van der Waals surface area contributed by atoms with Crippen LogP contribution in [0.25, 0.3) is 0 Å². The van der Waals surface area contributed by atoms with Gasteiger partial charge in [0.15, 0.2) is 0 Å². The van der Waals surface area contributed by atoms with Crippen molar-refractivity contribution in [1.82, 2.24) is 4.90 Å². The lowest BCUT2D eigenvalue weighted by Gasteiger charge is -2.31. The fourth-order valence-electron chi connectivity index (χ4n) is 3.71. The predicted octanol–water partition coefficient (Wildman–Crippen LogP) is 4.17. The molecule has 1 aliphatic rings. The van der Waals surface area contributed by atoms with E-state index >= 15 is 0 Å². The Labute approximate surface area is 184 Å². The molecule has 2 aromatic rings. The van der Waals surface area contributed by atoms with Gasteiger partial charge in [0.25, 0.3) is 0 Å². The number of nitrogens with two attached hydrogens (primary N) is 1. The number of carboxylic acid groups (broad SMARTS) is 1. The molecule has 2 unspecified atom stereocenters. The summed E-state index contributed by atoms with van der Waals surface area (Å²) in [4.78, 5) is 23.8. The molecule has 0 saturated carbocycles. The van der Waals surface area contributed by atoms with E-state index in [2.05, 4.69) is 6.07 Å². The van der Waals surface area contributed by atoms with Gasteiger partial charge in [-0.05, 0) is 37.0 Å². The highest BCUT2D eigenvalue weighted by molar-refractivity contribution is 5.84. The molecule has 6 nitrogen and oxygen atoms in total. The lowest BCUT2D eigenvalue weighted by Crippen LogP contribution is -2.34. The Kier molecular flexibility index (Phi) is 8.26. The van der Waals surface area contributed by atoms with Crippen LogP contribution < -0.4 is 10.5 Å². The maximum absolute atomic E-state index is 13.1. The van der Waals surface area contributed by atoms with Crippen LogP contribution >= 0.6 is 0 Å². The number of nitrogens with zero attached hydrogens (tertiary/aromatic N) is 1. The molecule has 2 atom stereocenters. The summed E-state index contributed by atoms with van der Waals surface area (Å²) in [6, 6.07) is 14.1. The SMILES string of the molecule is COc1ccc(C)cc1CN(C)C(=O)C1CCC(N)c2ccccc21.O=C(O)C(F)(F)F. The van der Waals surface area contributed by atoms with Crippen LogP contribution in [0.1, 0.15) is 47.1 Å². The van der Waals surface area contributed by atoms with Gasteiger partial charge in [0.05, 0.1) is 13.0 Å². The maximum Gasteiger partial charge on any atom is 0.490 e. The second-order valence-electron chi connectivity index (χ2n) is 7.68. The maximum atomic E-state index is 13.1. The highest BCUT2D eigenvalue weighted by atomic mass is 19.4. The van der Waals surface area contributed by atoms with Gasteiger partial charge in [-0.25, -0.2) is 4.79 Å². The number of aliphatic carboxylic acids is 1. The number of likely N-dealkylation sites (N-methyl/N-ethyl adjacent to an activating group) is 1. The predicted molar refractivity (Wildman–Crippen MR) is 113 cm³/mol. The van der Waals surface area contributed by atoms with E-state index in [-0.39, 0.29) is 17.9 Å². The van der Waals surface area contributed by atoms with Crippen molar-refractivity contribution < 1.29 is 32.6 Å². The van der Waals surface area contributed by atoms with Gasteiger partial charge < -0.3 is 20.5 Å². The zero-order valence-electron chi connectivity index (χ0n) is 18.1. The van der Waals surface area contributed by atoms with E-state index in [1.165, 1.54) is 0 Å². The number of aryl methyl sites for hydroxylation is 1. The molecule has 0 aliphatic heterocycles. The molecule has 3 rings (SSSR count). The summed E-state index contributed by atoms with van der Waals surface area (Å²) in [5.41, 5.74) is 10.6. The summed E-state index contributed by atoms with van der Waals surface area (Å²) >= 11 is 0. The molecule has 1 aliphatic carbocycles. The van der Waals surface area contributed by atoms with Crippen molar-refractivity contribution in [1.29, 1.82) is 0 Å². The van der Waals surface area contributed by atoms with E-state index in [0.717, 1.165) is 40.8 Å². The Balaban J connectivity index is 0.000000451. The third-order valence-electron chi connectivity index (χ3n) is 5.30. The largest absolute Gasteiger partial charge is 0.496 e. The number of carboxylic acids is 1. The van der Waals surface area contributed by atoms with Crippen LogP contribution in [0.2, 0.25) is 0 Å². The molecule has 32 heavy (non-hydrogen) atoms. The van der Waals surface area contributed by atoms with Crippen molar-refractivity contribution in [3.05, 3.63) is 64.7 Å². The van der Waals surface area contributed by atoms with Crippen LogP contribution in [0.15, 0.2) is 42.5 Å². The van der Waals surface area contributed by atoms with E-state index < -0.39 is 12.1 Å². The first-order valence-corrected chi connectivity index (χ1v) is 9.98. The van der Waals surface area contributed by atoms with Crippen molar-refractivity contribution in [3.63, 3.8) is 0 Å². The Morgan fingerprint density at radius 3 is 2.31 bits per heavy atom. The minimum Gasteiger partial charge on any atom is -0.496 e. The summed E-state index contributed by atoms with van der Waals surface area (Å²) in [5, 5.41) is 7.12. The van der Waals surface area contributed by atoms with Crippen LogP contribution in [0.3, 0.4) is 0 Å². The average molecular weight is 452 g/mol. The molecule has 0 bridgehead atoms. The molecular formula is C23H27F3N2O4. The highest BCUT2D eigenvalue weighted by Crippen LogP contribution is 2.37. The molecule has 3 N–H and O–H groups in total. The monoisotopic (exact) mass is 452 g/mol. The van der Waals surface area contributed by atoms with Gasteiger partial charge in [0, 0.05) is 25.2 Å². The lowest BCUT2D eigenvalue weighted by atomic mass is 9.79. The Morgan fingerprint density at radius 2 is 1.75 bits per heavy atom. The quantitative estimate of drug-likeness (QED) is 0.726. The smallest absolute Gasteiger partial charge is 0.490 e. The van der Waals surface area contributed by atoms with Gasteiger partial charge in [-0.3, -0.25) is 4.79 Å². The number of rotatable bonds is 4. The molecule has 0 spiro atoms. The minimum absolute atomic E-state index is 0.0300. The average Bonchev–Trinajstić information content (AvgIpc) is 2.73. The summed E-state index contributed by atoms with van der Waals surface area (Å²) in [6.07, 6.45) is -3.44. The molecule has 0 heterocycles. The Hall–Kier alpha value is -3.07. The van der Waals surface area contributed by atoms with Crippen molar-refractivity contribution in [2.24, 2.45) is 5.73 Å². The first-order valence-electron chi connectivity index (χ1n) is 9.98. The third-order valence-corrected chi connectivity index (χ3v) is 5.30. The number of methoxy groups -OCH3 is 1. The number of hydrogen-bond donors (Lipinski definition) is 2. The van der Waals surface area contributed by atoms with E-state index in [9.17, 15) is 18.0 Å².